The highest BCUT2D eigenvalue weighted by Gasteiger charge is 2.32. The fourth-order valence-electron chi connectivity index (χ4n) is 3.35. The molecule has 1 saturated heterocycles. The van der Waals surface area contributed by atoms with Crippen molar-refractivity contribution in [2.24, 2.45) is 0 Å². The van der Waals surface area contributed by atoms with Gasteiger partial charge in [-0.3, -0.25) is 4.79 Å². The number of aryl methyl sites for hydroxylation is 1. The van der Waals surface area contributed by atoms with Crippen LogP contribution in [0, 0.1) is 6.92 Å². The summed E-state index contributed by atoms with van der Waals surface area (Å²) in [4.78, 5) is 19.2. The number of carbonyl (C=O) groups is 1. The van der Waals surface area contributed by atoms with E-state index in [2.05, 4.69) is 18.8 Å². The Kier molecular flexibility index (Phi) is 5.28. The molecular weight excluding hydrogens is 336 g/mol. The molecule has 25 heavy (non-hydrogen) atoms. The molecule has 132 valence electrons. The maximum absolute atomic E-state index is 12.8. The van der Waals surface area contributed by atoms with Crippen LogP contribution < -0.4 is 4.74 Å². The zero-order valence-corrected chi connectivity index (χ0v) is 15.6. The van der Waals surface area contributed by atoms with Crippen molar-refractivity contribution in [1.82, 2.24) is 9.88 Å². The number of benzene rings is 1. The Morgan fingerprint density at radius 3 is 2.56 bits per heavy atom. The Balaban J connectivity index is 1.74. The summed E-state index contributed by atoms with van der Waals surface area (Å²) in [5.74, 6) is 0.651. The van der Waals surface area contributed by atoms with Crippen LogP contribution >= 0.6 is 11.6 Å². The highest BCUT2D eigenvalue weighted by Crippen LogP contribution is 2.29. The minimum Gasteiger partial charge on any atom is -0.485 e. The van der Waals surface area contributed by atoms with Gasteiger partial charge < -0.3 is 9.64 Å². The van der Waals surface area contributed by atoms with Gasteiger partial charge in [-0.15, -0.1) is 0 Å². The number of rotatable bonds is 4. The lowest BCUT2D eigenvalue weighted by Crippen LogP contribution is -2.39. The van der Waals surface area contributed by atoms with Crippen molar-refractivity contribution < 1.29 is 9.53 Å². The van der Waals surface area contributed by atoms with Crippen LogP contribution in [0.3, 0.4) is 0 Å². The van der Waals surface area contributed by atoms with Crippen molar-refractivity contribution in [3.8, 4) is 5.75 Å². The first kappa shape index (κ1) is 17.7. The van der Waals surface area contributed by atoms with Gasteiger partial charge in [-0.2, -0.15) is 0 Å². The van der Waals surface area contributed by atoms with E-state index in [-0.39, 0.29) is 24.6 Å². The van der Waals surface area contributed by atoms with E-state index >= 15 is 0 Å². The minimum atomic E-state index is -0.00623. The van der Waals surface area contributed by atoms with Crippen LogP contribution in [0.1, 0.15) is 48.4 Å². The molecular formula is C20H23ClN2O2. The number of amides is 1. The van der Waals surface area contributed by atoms with E-state index in [0.717, 1.165) is 18.4 Å². The number of aromatic nitrogens is 1. The van der Waals surface area contributed by atoms with E-state index in [1.165, 1.54) is 0 Å². The van der Waals surface area contributed by atoms with Crippen molar-refractivity contribution in [2.75, 3.05) is 0 Å². The van der Waals surface area contributed by atoms with Crippen molar-refractivity contribution >= 4 is 17.5 Å². The first-order chi connectivity index (χ1) is 12.0. The molecule has 1 fully saturated rings. The number of hydrogen-bond acceptors (Lipinski definition) is 3. The Morgan fingerprint density at radius 2 is 1.88 bits per heavy atom. The molecule has 2 atom stereocenters. The van der Waals surface area contributed by atoms with E-state index in [1.54, 1.807) is 12.1 Å². The van der Waals surface area contributed by atoms with Gasteiger partial charge in [0.1, 0.15) is 18.1 Å². The number of para-hydroxylation sites is 1. The average Bonchev–Trinajstić information content (AvgIpc) is 2.93. The summed E-state index contributed by atoms with van der Waals surface area (Å²) in [5, 5.41) is 0.576. The van der Waals surface area contributed by atoms with Gasteiger partial charge in [-0.1, -0.05) is 29.8 Å². The number of nitrogens with zero attached hydrogens (tertiary/aromatic N) is 2. The van der Waals surface area contributed by atoms with Crippen LogP contribution in [-0.2, 0) is 6.61 Å². The number of carbonyl (C=O) groups excluding carboxylic acids is 1. The summed E-state index contributed by atoms with van der Waals surface area (Å²) in [5.41, 5.74) is 2.15. The van der Waals surface area contributed by atoms with Crippen LogP contribution in [0.5, 0.6) is 5.75 Å². The molecule has 0 saturated carbocycles. The average molecular weight is 359 g/mol. The molecule has 1 amide bonds. The van der Waals surface area contributed by atoms with Gasteiger partial charge in [-0.05, 0) is 57.4 Å². The van der Waals surface area contributed by atoms with Crippen LogP contribution in [0.2, 0.25) is 5.02 Å². The lowest BCUT2D eigenvalue weighted by molar-refractivity contribution is 0.0686. The number of pyridine rings is 1. The molecule has 0 spiro atoms. The van der Waals surface area contributed by atoms with Crippen molar-refractivity contribution in [1.29, 1.82) is 0 Å². The summed E-state index contributed by atoms with van der Waals surface area (Å²) < 4.78 is 5.84. The third kappa shape index (κ3) is 3.79. The molecule has 0 bridgehead atoms. The number of likely N-dealkylation sites (tertiary alicyclic amines) is 1. The lowest BCUT2D eigenvalue weighted by atomic mass is 10.2. The third-order valence-electron chi connectivity index (χ3n) is 4.74. The molecule has 0 aliphatic carbocycles. The third-order valence-corrected chi connectivity index (χ3v) is 5.04. The van der Waals surface area contributed by atoms with Gasteiger partial charge in [-0.25, -0.2) is 4.98 Å². The van der Waals surface area contributed by atoms with Gasteiger partial charge in [0.25, 0.3) is 5.91 Å². The van der Waals surface area contributed by atoms with E-state index in [9.17, 15) is 4.79 Å². The number of ether oxygens (including phenoxy) is 1. The Bertz CT molecular complexity index is 748. The molecule has 1 aromatic carbocycles. The zero-order chi connectivity index (χ0) is 18.0. The molecule has 4 nitrogen and oxygen atoms in total. The van der Waals surface area contributed by atoms with Gasteiger partial charge in [0, 0.05) is 12.1 Å². The molecule has 1 aromatic heterocycles. The van der Waals surface area contributed by atoms with E-state index in [1.807, 2.05) is 36.1 Å². The maximum atomic E-state index is 12.8. The van der Waals surface area contributed by atoms with Gasteiger partial charge >= 0.3 is 0 Å². The van der Waals surface area contributed by atoms with Crippen LogP contribution in [0.25, 0.3) is 0 Å². The van der Waals surface area contributed by atoms with E-state index < -0.39 is 0 Å². The molecule has 2 unspecified atom stereocenters. The summed E-state index contributed by atoms with van der Waals surface area (Å²) in [7, 11) is 0. The smallest absolute Gasteiger partial charge is 0.272 e. The normalized spacial score (nSPS) is 19.9. The second kappa shape index (κ2) is 7.44. The molecule has 1 aliphatic rings. The van der Waals surface area contributed by atoms with Gasteiger partial charge in [0.05, 0.1) is 10.7 Å². The Hall–Kier alpha value is -2.07. The standard InChI is InChI=1S/C20H23ClN2O2/c1-13-6-4-8-17(21)19(13)25-12-16-7-5-9-18(22-16)20(24)23-14(2)10-11-15(23)3/h4-9,14-15H,10-12H2,1-3H3. The molecule has 5 heteroatoms. The first-order valence-electron chi connectivity index (χ1n) is 8.64. The first-order valence-corrected chi connectivity index (χ1v) is 9.01. The molecule has 1 aliphatic heterocycles. The maximum Gasteiger partial charge on any atom is 0.272 e. The quantitative estimate of drug-likeness (QED) is 0.799. The number of halogens is 1. The highest BCUT2D eigenvalue weighted by atomic mass is 35.5. The monoisotopic (exact) mass is 358 g/mol. The Labute approximate surface area is 153 Å². The van der Waals surface area contributed by atoms with Crippen molar-refractivity contribution in [3.63, 3.8) is 0 Å². The molecule has 0 N–H and O–H groups in total. The summed E-state index contributed by atoms with van der Waals surface area (Å²) >= 11 is 6.19. The Morgan fingerprint density at radius 1 is 1.20 bits per heavy atom. The SMILES string of the molecule is Cc1cccc(Cl)c1OCc1cccc(C(=O)N2C(C)CCC2C)n1. The zero-order valence-electron chi connectivity index (χ0n) is 14.8. The second-order valence-electron chi connectivity index (χ2n) is 6.68. The van der Waals surface area contributed by atoms with Crippen LogP contribution in [0.15, 0.2) is 36.4 Å². The summed E-state index contributed by atoms with van der Waals surface area (Å²) in [6.45, 7) is 6.41. The van der Waals surface area contributed by atoms with Crippen molar-refractivity contribution in [2.45, 2.75) is 52.3 Å². The molecule has 2 aromatic rings. The predicted octanol–water partition coefficient (Wildman–Crippen LogP) is 4.64. The summed E-state index contributed by atoms with van der Waals surface area (Å²) in [6, 6.07) is 11.6. The lowest BCUT2D eigenvalue weighted by Gasteiger charge is -2.26. The minimum absolute atomic E-state index is 0.00623. The predicted molar refractivity (Wildman–Crippen MR) is 99.1 cm³/mol. The molecule has 3 rings (SSSR count). The van der Waals surface area contributed by atoms with Crippen LogP contribution in [0.4, 0.5) is 0 Å². The fourth-order valence-corrected chi connectivity index (χ4v) is 3.63. The largest absolute Gasteiger partial charge is 0.485 e. The van der Waals surface area contributed by atoms with E-state index in [0.29, 0.717) is 22.2 Å². The molecule has 2 heterocycles. The highest BCUT2D eigenvalue weighted by molar-refractivity contribution is 6.32. The van der Waals surface area contributed by atoms with E-state index in [4.69, 9.17) is 16.3 Å². The molecule has 0 radical (unpaired) electrons. The second-order valence-corrected chi connectivity index (χ2v) is 7.08. The summed E-state index contributed by atoms with van der Waals surface area (Å²) in [6.07, 6.45) is 2.09. The van der Waals surface area contributed by atoms with Gasteiger partial charge in [0.2, 0.25) is 0 Å². The van der Waals surface area contributed by atoms with Crippen molar-refractivity contribution in [3.05, 3.63) is 58.4 Å². The topological polar surface area (TPSA) is 42.4 Å². The van der Waals surface area contributed by atoms with Crippen LogP contribution in [-0.4, -0.2) is 27.9 Å². The van der Waals surface area contributed by atoms with Gasteiger partial charge in [0.15, 0.2) is 0 Å². The number of hydrogen-bond donors (Lipinski definition) is 0. The fraction of sp³-hybridized carbons (Fsp3) is 0.400.